The number of carbonyl (C=O) groups is 1. The van der Waals surface area contributed by atoms with E-state index < -0.39 is 6.43 Å². The molecule has 190 valence electrons. The molecular weight excluding hydrogens is 454 g/mol. The van der Waals surface area contributed by atoms with E-state index in [0.717, 1.165) is 24.7 Å². The third-order valence-electron chi connectivity index (χ3n) is 9.96. The van der Waals surface area contributed by atoms with E-state index in [0.29, 0.717) is 30.1 Å². The second-order valence-corrected chi connectivity index (χ2v) is 11.7. The molecule has 0 N–H and O–H groups in total. The van der Waals surface area contributed by atoms with Crippen molar-refractivity contribution in [3.05, 3.63) is 58.2 Å². The lowest BCUT2D eigenvalue weighted by Crippen LogP contribution is -2.41. The highest BCUT2D eigenvalue weighted by molar-refractivity contribution is 5.93. The average Bonchev–Trinajstić information content (AvgIpc) is 3.48. The van der Waals surface area contributed by atoms with Crippen LogP contribution in [0, 0.1) is 24.2 Å². The number of rotatable bonds is 2. The van der Waals surface area contributed by atoms with Gasteiger partial charge in [-0.25, -0.2) is 0 Å². The summed E-state index contributed by atoms with van der Waals surface area (Å²) in [6.07, 6.45) is 18.8. The minimum Gasteiger partial charge on any atom is -0.366 e. The Hall–Kier alpha value is -2.25. The lowest BCUT2D eigenvalue weighted by atomic mass is 9.58. The standard InChI is InChI=1S/C29H34O2.C3H2F2/c30-22-11-13-23-21(16-22)10-12-24-26-14-15-27-29(26,31-27)17-25(28(23)24)20-8-6-19(7-9-20)18-4-2-1-3-5-18;1-2-3(4)5/h6-9,16,18,24-27H,1-5,10-15,17H2;1,3H. The molecule has 36 heavy (non-hydrogen) atoms. The Bertz CT molecular complexity index is 1120. The third kappa shape index (κ3) is 4.18. The Labute approximate surface area is 213 Å². The maximum Gasteiger partial charge on any atom is 0.298 e. The van der Waals surface area contributed by atoms with Crippen molar-refractivity contribution >= 4 is 5.78 Å². The fourth-order valence-corrected chi connectivity index (χ4v) is 8.36. The van der Waals surface area contributed by atoms with Crippen LogP contribution < -0.4 is 0 Å². The van der Waals surface area contributed by atoms with E-state index in [2.05, 4.69) is 30.7 Å². The molecule has 0 radical (unpaired) electrons. The number of benzene rings is 1. The number of alkyl halides is 2. The van der Waals surface area contributed by atoms with Gasteiger partial charge in [-0.1, -0.05) is 49.1 Å². The Kier molecular flexibility index (Phi) is 6.41. The second-order valence-electron chi connectivity index (χ2n) is 11.7. The van der Waals surface area contributed by atoms with E-state index in [-0.39, 0.29) is 5.60 Å². The van der Waals surface area contributed by atoms with Gasteiger partial charge >= 0.3 is 0 Å². The minimum atomic E-state index is -2.59. The summed E-state index contributed by atoms with van der Waals surface area (Å²) < 4.78 is 27.5. The molecule has 1 saturated heterocycles. The van der Waals surface area contributed by atoms with Gasteiger partial charge in [-0.15, -0.1) is 6.42 Å². The van der Waals surface area contributed by atoms with Gasteiger partial charge < -0.3 is 4.74 Å². The molecule has 1 aromatic rings. The first kappa shape index (κ1) is 24.1. The minimum absolute atomic E-state index is 0.174. The van der Waals surface area contributed by atoms with Crippen LogP contribution in [0.4, 0.5) is 8.78 Å². The fourth-order valence-electron chi connectivity index (χ4n) is 8.36. The first-order chi connectivity index (χ1) is 17.5. The number of hydrogen-bond acceptors (Lipinski definition) is 2. The molecule has 5 aliphatic carbocycles. The zero-order valence-electron chi connectivity index (χ0n) is 21.0. The van der Waals surface area contributed by atoms with Gasteiger partial charge in [0.15, 0.2) is 5.78 Å². The van der Waals surface area contributed by atoms with E-state index in [9.17, 15) is 13.6 Å². The van der Waals surface area contributed by atoms with Crippen LogP contribution in [-0.4, -0.2) is 23.9 Å². The number of carbonyl (C=O) groups excluding carboxylic acids is 1. The molecule has 1 aromatic carbocycles. The van der Waals surface area contributed by atoms with Gasteiger partial charge in [0.1, 0.15) is 0 Å². The van der Waals surface area contributed by atoms with Gasteiger partial charge in [0, 0.05) is 12.3 Å². The number of terminal acetylenes is 1. The first-order valence-electron chi connectivity index (χ1n) is 14.0. The van der Waals surface area contributed by atoms with E-state index in [1.54, 1.807) is 16.7 Å². The summed E-state index contributed by atoms with van der Waals surface area (Å²) in [4.78, 5) is 12.1. The number of halogens is 2. The fraction of sp³-hybridized carbons (Fsp3) is 0.594. The van der Waals surface area contributed by atoms with Gasteiger partial charge in [0.05, 0.1) is 11.7 Å². The number of ether oxygens (including phenoxy) is 1. The molecule has 6 aliphatic rings. The zero-order chi connectivity index (χ0) is 24.9. The van der Waals surface area contributed by atoms with Crippen LogP contribution in [0.15, 0.2) is 47.1 Å². The van der Waals surface area contributed by atoms with E-state index in [1.165, 1.54) is 74.8 Å². The van der Waals surface area contributed by atoms with Crippen molar-refractivity contribution in [3.8, 4) is 12.3 Å². The van der Waals surface area contributed by atoms with Crippen LogP contribution in [0.1, 0.15) is 100 Å². The predicted octanol–water partition coefficient (Wildman–Crippen LogP) is 7.65. The molecule has 0 bridgehead atoms. The molecule has 4 heteroatoms. The molecule has 5 unspecified atom stereocenters. The second kappa shape index (κ2) is 9.56. The Morgan fingerprint density at radius 2 is 1.67 bits per heavy atom. The van der Waals surface area contributed by atoms with E-state index in [4.69, 9.17) is 4.74 Å². The number of ketones is 1. The van der Waals surface area contributed by atoms with Crippen molar-refractivity contribution < 1.29 is 18.3 Å². The molecule has 7 rings (SSSR count). The number of fused-ring (bicyclic) bond motifs is 3. The summed E-state index contributed by atoms with van der Waals surface area (Å²) in [6, 6.07) is 9.79. The monoisotopic (exact) mass is 490 g/mol. The average molecular weight is 491 g/mol. The van der Waals surface area contributed by atoms with Crippen molar-refractivity contribution in [2.24, 2.45) is 11.8 Å². The first-order valence-corrected chi connectivity index (χ1v) is 14.0. The predicted molar refractivity (Wildman–Crippen MR) is 137 cm³/mol. The van der Waals surface area contributed by atoms with Crippen LogP contribution in [0.3, 0.4) is 0 Å². The summed E-state index contributed by atoms with van der Waals surface area (Å²) in [7, 11) is 0. The summed E-state index contributed by atoms with van der Waals surface area (Å²) in [6.45, 7) is 0. The highest BCUT2D eigenvalue weighted by atomic mass is 19.3. The Morgan fingerprint density at radius 3 is 2.36 bits per heavy atom. The number of epoxide rings is 1. The summed E-state index contributed by atoms with van der Waals surface area (Å²) >= 11 is 0. The maximum absolute atomic E-state index is 12.1. The quantitative estimate of drug-likeness (QED) is 0.315. The lowest BCUT2D eigenvalue weighted by molar-refractivity contribution is -0.114. The van der Waals surface area contributed by atoms with Crippen molar-refractivity contribution in [2.75, 3.05) is 0 Å². The summed E-state index contributed by atoms with van der Waals surface area (Å²) in [5.41, 5.74) is 7.87. The van der Waals surface area contributed by atoms with Gasteiger partial charge in [-0.2, -0.15) is 8.78 Å². The highest BCUT2D eigenvalue weighted by Gasteiger charge is 2.70. The van der Waals surface area contributed by atoms with Crippen LogP contribution in [0.2, 0.25) is 0 Å². The molecule has 5 atom stereocenters. The smallest absolute Gasteiger partial charge is 0.298 e. The zero-order valence-corrected chi connectivity index (χ0v) is 21.0. The third-order valence-corrected chi connectivity index (χ3v) is 9.96. The van der Waals surface area contributed by atoms with Crippen molar-refractivity contribution in [1.82, 2.24) is 0 Å². The molecule has 4 fully saturated rings. The SMILES string of the molecule is C#CC(F)F.O=C1C=C2CCC3C(=C2CC1)C(c1ccc(C2CCCCC2)cc1)CC12OC1CCC32. The molecule has 3 saturated carbocycles. The van der Waals surface area contributed by atoms with Crippen LogP contribution in [0.25, 0.3) is 0 Å². The topological polar surface area (TPSA) is 29.6 Å². The normalized spacial score (nSPS) is 34.9. The molecule has 0 aromatic heterocycles. The van der Waals surface area contributed by atoms with Crippen LogP contribution in [0.5, 0.6) is 0 Å². The molecule has 1 spiro atoms. The molecular formula is C32H36F2O2. The number of hydrogen-bond donors (Lipinski definition) is 0. The maximum atomic E-state index is 12.1. The molecule has 2 nitrogen and oxygen atoms in total. The van der Waals surface area contributed by atoms with Crippen molar-refractivity contribution in [1.29, 1.82) is 0 Å². The molecule has 0 amide bonds. The van der Waals surface area contributed by atoms with Crippen molar-refractivity contribution in [3.63, 3.8) is 0 Å². The summed E-state index contributed by atoms with van der Waals surface area (Å²) in [5.74, 6) is 4.18. The largest absolute Gasteiger partial charge is 0.366 e. The van der Waals surface area contributed by atoms with Gasteiger partial charge in [0.25, 0.3) is 6.43 Å². The molecule has 1 aliphatic heterocycles. The molecule has 1 heterocycles. The lowest BCUT2D eigenvalue weighted by Gasteiger charge is -2.46. The Morgan fingerprint density at radius 1 is 0.944 bits per heavy atom. The highest BCUT2D eigenvalue weighted by Crippen LogP contribution is 2.68. The Balaban J connectivity index is 0.000000441. The van der Waals surface area contributed by atoms with E-state index >= 15 is 0 Å². The van der Waals surface area contributed by atoms with Gasteiger partial charge in [-0.05, 0) is 103 Å². The van der Waals surface area contributed by atoms with Crippen LogP contribution in [-0.2, 0) is 9.53 Å². The van der Waals surface area contributed by atoms with Gasteiger partial charge in [-0.3, -0.25) is 4.79 Å². The van der Waals surface area contributed by atoms with Gasteiger partial charge in [0.2, 0.25) is 0 Å². The van der Waals surface area contributed by atoms with E-state index in [1.807, 2.05) is 6.08 Å². The van der Waals surface area contributed by atoms with Crippen LogP contribution >= 0.6 is 0 Å². The van der Waals surface area contributed by atoms with Crippen molar-refractivity contribution in [2.45, 2.75) is 107 Å². The summed E-state index contributed by atoms with van der Waals surface area (Å²) in [5, 5.41) is 0. The number of allylic oxidation sites excluding steroid dienone is 4.